The van der Waals surface area contributed by atoms with Gasteiger partial charge in [-0.3, -0.25) is 9.59 Å². The highest BCUT2D eigenvalue weighted by Gasteiger charge is 2.35. The molecular weight excluding hydrogens is 512 g/mol. The molecule has 1 aliphatic rings. The van der Waals surface area contributed by atoms with Crippen LogP contribution in [0.25, 0.3) is 0 Å². The number of para-hydroxylation sites is 1. The van der Waals surface area contributed by atoms with E-state index in [1.165, 1.54) is 23.1 Å². The number of thiophene rings is 1. The molecule has 0 saturated heterocycles. The van der Waals surface area contributed by atoms with E-state index in [1.807, 2.05) is 55.6 Å². The average molecular weight is 535 g/mol. The highest BCUT2D eigenvalue weighted by atomic mass is 35.5. The van der Waals surface area contributed by atoms with Gasteiger partial charge in [0.05, 0.1) is 28.3 Å². The molecule has 2 heterocycles. The summed E-state index contributed by atoms with van der Waals surface area (Å²) in [5, 5.41) is 22.2. The van der Waals surface area contributed by atoms with E-state index < -0.39 is 5.92 Å². The van der Waals surface area contributed by atoms with Crippen molar-refractivity contribution in [1.29, 1.82) is 5.26 Å². The molecule has 1 aliphatic heterocycles. The molecule has 1 aromatic heterocycles. The molecule has 0 fully saturated rings. The van der Waals surface area contributed by atoms with Crippen molar-refractivity contribution >= 4 is 57.9 Å². The maximum absolute atomic E-state index is 13.5. The molecule has 0 saturated carbocycles. The number of nitrogens with one attached hydrogen (secondary N) is 3. The second-order valence-electron chi connectivity index (χ2n) is 8.08. The molecule has 0 aliphatic carbocycles. The van der Waals surface area contributed by atoms with Gasteiger partial charge in [-0.2, -0.15) is 5.26 Å². The van der Waals surface area contributed by atoms with Gasteiger partial charge in [-0.15, -0.1) is 11.3 Å². The lowest BCUT2D eigenvalue weighted by atomic mass is 9.86. The molecule has 6 nitrogen and oxygen atoms in total. The van der Waals surface area contributed by atoms with Gasteiger partial charge in [0, 0.05) is 32.5 Å². The molecule has 2 aromatic carbocycles. The Hall–Kier alpha value is -3.51. The second kappa shape index (κ2) is 11.5. The van der Waals surface area contributed by atoms with E-state index in [4.69, 9.17) is 11.6 Å². The smallest absolute Gasteiger partial charge is 0.254 e. The number of nitrogens with zero attached hydrogens (tertiary/aromatic N) is 1. The molecule has 2 amide bonds. The molecule has 3 aromatic rings. The Morgan fingerprint density at radius 3 is 2.61 bits per heavy atom. The van der Waals surface area contributed by atoms with Crippen LogP contribution in [-0.2, 0) is 9.59 Å². The molecule has 4 rings (SSSR count). The van der Waals surface area contributed by atoms with Gasteiger partial charge in [0.25, 0.3) is 5.91 Å². The number of nitriles is 1. The standard InChI is InChI=1S/C27H23ClN4O2S2/c1-16-7-3-4-10-21(16)32-26(34)24-17(2)30-27(20(14-29)25(24)22-11-6-12-35-22)36-15-23(33)31-19-9-5-8-18(28)13-19/h3-13,25,30H,15H2,1-2H3,(H,31,33)(H,32,34). The Bertz CT molecular complexity index is 1410. The largest absolute Gasteiger partial charge is 0.353 e. The minimum atomic E-state index is -0.543. The molecule has 3 N–H and O–H groups in total. The van der Waals surface area contributed by atoms with E-state index in [0.29, 0.717) is 38.3 Å². The van der Waals surface area contributed by atoms with E-state index in [2.05, 4.69) is 22.0 Å². The first-order chi connectivity index (χ1) is 17.4. The van der Waals surface area contributed by atoms with Gasteiger partial charge in [0.15, 0.2) is 0 Å². The van der Waals surface area contributed by atoms with Crippen molar-refractivity contribution in [3.63, 3.8) is 0 Å². The summed E-state index contributed by atoms with van der Waals surface area (Å²) in [7, 11) is 0. The van der Waals surface area contributed by atoms with Crippen LogP contribution in [0.4, 0.5) is 11.4 Å². The molecule has 9 heteroatoms. The topological polar surface area (TPSA) is 94.0 Å². The number of hydrogen-bond donors (Lipinski definition) is 3. The van der Waals surface area contributed by atoms with E-state index in [0.717, 1.165) is 10.4 Å². The Kier molecular flexibility index (Phi) is 8.16. The van der Waals surface area contributed by atoms with E-state index >= 15 is 0 Å². The molecule has 0 spiro atoms. The fraction of sp³-hybridized carbons (Fsp3) is 0.148. The van der Waals surface area contributed by atoms with Gasteiger partial charge >= 0.3 is 0 Å². The number of thioether (sulfide) groups is 1. The number of amides is 2. The maximum atomic E-state index is 13.5. The van der Waals surface area contributed by atoms with E-state index in [1.54, 1.807) is 24.3 Å². The van der Waals surface area contributed by atoms with Crippen LogP contribution in [0.2, 0.25) is 5.02 Å². The fourth-order valence-electron chi connectivity index (χ4n) is 3.87. The normalized spacial score (nSPS) is 15.2. The zero-order valence-corrected chi connectivity index (χ0v) is 22.0. The zero-order valence-electron chi connectivity index (χ0n) is 19.6. The Labute approximate surface area is 223 Å². The molecule has 182 valence electrons. The average Bonchev–Trinajstić information content (AvgIpc) is 3.38. The van der Waals surface area contributed by atoms with Crippen LogP contribution >= 0.6 is 34.7 Å². The van der Waals surface area contributed by atoms with Gasteiger partial charge in [-0.05, 0) is 55.1 Å². The third-order valence-corrected chi connectivity index (χ3v) is 7.76. The quantitative estimate of drug-likeness (QED) is 0.325. The monoisotopic (exact) mass is 534 g/mol. The summed E-state index contributed by atoms with van der Waals surface area (Å²) < 4.78 is 0. The van der Waals surface area contributed by atoms with Crippen molar-refractivity contribution in [1.82, 2.24) is 5.32 Å². The first-order valence-corrected chi connectivity index (χ1v) is 13.3. The number of halogens is 1. The zero-order chi connectivity index (χ0) is 25.7. The van der Waals surface area contributed by atoms with Crippen molar-refractivity contribution in [3.8, 4) is 6.07 Å². The van der Waals surface area contributed by atoms with Gasteiger partial charge in [0.2, 0.25) is 5.91 Å². The molecular formula is C27H23ClN4O2S2. The van der Waals surface area contributed by atoms with Crippen LogP contribution in [0.5, 0.6) is 0 Å². The lowest BCUT2D eigenvalue weighted by Crippen LogP contribution is -2.31. The lowest BCUT2D eigenvalue weighted by Gasteiger charge is -2.29. The number of anilines is 2. The molecule has 0 radical (unpaired) electrons. The van der Waals surface area contributed by atoms with Crippen molar-refractivity contribution in [2.45, 2.75) is 19.8 Å². The number of dihydropyridines is 1. The Morgan fingerprint density at radius 1 is 1.11 bits per heavy atom. The van der Waals surface area contributed by atoms with Gasteiger partial charge in [0.1, 0.15) is 0 Å². The Morgan fingerprint density at radius 2 is 1.92 bits per heavy atom. The summed E-state index contributed by atoms with van der Waals surface area (Å²) in [6.07, 6.45) is 0. The third-order valence-electron chi connectivity index (χ3n) is 5.57. The number of allylic oxidation sites excluding steroid dienone is 2. The second-order valence-corrected chi connectivity index (χ2v) is 10.5. The van der Waals surface area contributed by atoms with Crippen LogP contribution in [-0.4, -0.2) is 17.6 Å². The minimum absolute atomic E-state index is 0.0786. The summed E-state index contributed by atoms with van der Waals surface area (Å²) >= 11 is 8.71. The summed E-state index contributed by atoms with van der Waals surface area (Å²) in [6, 6.07) is 20.6. The van der Waals surface area contributed by atoms with Crippen molar-refractivity contribution in [3.05, 3.63) is 103 Å². The van der Waals surface area contributed by atoms with Gasteiger partial charge in [-0.25, -0.2) is 0 Å². The van der Waals surface area contributed by atoms with Crippen LogP contribution in [0.15, 0.2) is 87.9 Å². The third kappa shape index (κ3) is 5.82. The molecule has 1 atom stereocenters. The number of carbonyl (C=O) groups is 2. The number of benzene rings is 2. The van der Waals surface area contributed by atoms with E-state index in [9.17, 15) is 14.9 Å². The summed E-state index contributed by atoms with van der Waals surface area (Å²) in [6.45, 7) is 3.74. The minimum Gasteiger partial charge on any atom is -0.353 e. The van der Waals surface area contributed by atoms with Gasteiger partial charge in [-0.1, -0.05) is 53.7 Å². The Balaban J connectivity index is 1.59. The number of rotatable bonds is 7. The van der Waals surface area contributed by atoms with Crippen molar-refractivity contribution < 1.29 is 9.59 Å². The highest BCUT2D eigenvalue weighted by Crippen LogP contribution is 2.42. The molecule has 36 heavy (non-hydrogen) atoms. The first kappa shape index (κ1) is 25.6. The van der Waals surface area contributed by atoms with Crippen LogP contribution in [0.1, 0.15) is 23.3 Å². The van der Waals surface area contributed by atoms with Gasteiger partial charge < -0.3 is 16.0 Å². The van der Waals surface area contributed by atoms with E-state index in [-0.39, 0.29) is 17.6 Å². The summed E-state index contributed by atoms with van der Waals surface area (Å²) in [4.78, 5) is 26.9. The molecule has 0 bridgehead atoms. The number of hydrogen-bond acceptors (Lipinski definition) is 6. The molecule has 1 unspecified atom stereocenters. The maximum Gasteiger partial charge on any atom is 0.254 e. The van der Waals surface area contributed by atoms with Crippen LogP contribution in [0, 0.1) is 18.3 Å². The first-order valence-electron chi connectivity index (χ1n) is 11.1. The lowest BCUT2D eigenvalue weighted by molar-refractivity contribution is -0.114. The SMILES string of the molecule is CC1=C(C(=O)Nc2ccccc2C)C(c2cccs2)C(C#N)=C(SCC(=O)Nc2cccc(Cl)c2)N1. The fourth-order valence-corrected chi connectivity index (χ4v) is 5.80. The van der Waals surface area contributed by atoms with Crippen molar-refractivity contribution in [2.24, 2.45) is 0 Å². The number of carbonyl (C=O) groups excluding carboxylic acids is 2. The predicted molar refractivity (Wildman–Crippen MR) is 148 cm³/mol. The predicted octanol–water partition coefficient (Wildman–Crippen LogP) is 6.42. The van der Waals surface area contributed by atoms with Crippen LogP contribution in [0.3, 0.4) is 0 Å². The summed E-state index contributed by atoms with van der Waals surface area (Å²) in [5.74, 6) is -0.969. The van der Waals surface area contributed by atoms with Crippen molar-refractivity contribution in [2.75, 3.05) is 16.4 Å². The highest BCUT2D eigenvalue weighted by molar-refractivity contribution is 8.03. The van der Waals surface area contributed by atoms with Crippen LogP contribution < -0.4 is 16.0 Å². The summed E-state index contributed by atoms with van der Waals surface area (Å²) in [5.41, 5.74) is 3.77. The number of aryl methyl sites for hydroxylation is 1.